The van der Waals surface area contributed by atoms with E-state index in [9.17, 15) is 22.8 Å². The van der Waals surface area contributed by atoms with E-state index >= 15 is 0 Å². The first-order valence-corrected chi connectivity index (χ1v) is 9.89. The minimum Gasteiger partial charge on any atom is -0.303 e. The van der Waals surface area contributed by atoms with Gasteiger partial charge in [0.2, 0.25) is 0 Å². The molecule has 1 amide bonds. The van der Waals surface area contributed by atoms with Crippen LogP contribution in [-0.4, -0.2) is 60.8 Å². The second-order valence-corrected chi connectivity index (χ2v) is 7.59. The Bertz CT molecular complexity index is 938. The predicted octanol–water partition coefficient (Wildman–Crippen LogP) is 3.05. The molecule has 2 aromatic carbocycles. The summed E-state index contributed by atoms with van der Waals surface area (Å²) in [6.07, 6.45) is -4.67. The molecule has 0 bridgehead atoms. The summed E-state index contributed by atoms with van der Waals surface area (Å²) in [5.41, 5.74) is -0.259. The van der Waals surface area contributed by atoms with Crippen molar-refractivity contribution in [2.45, 2.75) is 12.7 Å². The highest BCUT2D eigenvalue weighted by Crippen LogP contribution is 2.39. The first-order chi connectivity index (χ1) is 14.3. The number of amides is 1. The normalized spacial score (nSPS) is 18.2. The summed E-state index contributed by atoms with van der Waals surface area (Å²) >= 11 is 0. The largest absolute Gasteiger partial charge is 0.417 e. The lowest BCUT2D eigenvalue weighted by atomic mass is 10.0. The molecule has 1 saturated heterocycles. The monoisotopic (exact) mass is 417 g/mol. The van der Waals surface area contributed by atoms with Gasteiger partial charge in [0.25, 0.3) is 11.7 Å². The van der Waals surface area contributed by atoms with Gasteiger partial charge in [-0.2, -0.15) is 13.2 Å². The predicted molar refractivity (Wildman–Crippen MR) is 106 cm³/mol. The summed E-state index contributed by atoms with van der Waals surface area (Å²) in [4.78, 5) is 30.3. The number of halogens is 3. The van der Waals surface area contributed by atoms with Gasteiger partial charge in [-0.15, -0.1) is 0 Å². The van der Waals surface area contributed by atoms with Crippen LogP contribution in [0.3, 0.4) is 0 Å². The number of fused-ring (bicyclic) bond motifs is 1. The Morgan fingerprint density at radius 3 is 2.13 bits per heavy atom. The molecule has 0 radical (unpaired) electrons. The molecular formula is C22H22F3N3O2. The van der Waals surface area contributed by atoms with E-state index in [1.165, 1.54) is 22.6 Å². The van der Waals surface area contributed by atoms with Gasteiger partial charge in [0.1, 0.15) is 0 Å². The van der Waals surface area contributed by atoms with Crippen molar-refractivity contribution in [3.63, 3.8) is 0 Å². The number of Topliss-reactive ketones (excluding diaryl/α,β-unsaturated/α-hetero) is 1. The standard InChI is InChI=1S/C22H22F3N3O2/c23-22(24,25)17-7-4-8-18-19(17)20(29)21(30)28(18)14-13-26-9-11-27(12-10-26)15-16-5-2-1-3-6-16/h1-8H,9-15H2. The van der Waals surface area contributed by atoms with Crippen LogP contribution in [0.25, 0.3) is 0 Å². The Balaban J connectivity index is 1.37. The summed E-state index contributed by atoms with van der Waals surface area (Å²) in [6.45, 7) is 4.93. The maximum atomic E-state index is 13.2. The van der Waals surface area contributed by atoms with Crippen LogP contribution in [0.1, 0.15) is 21.5 Å². The number of anilines is 1. The molecule has 2 aliphatic heterocycles. The molecule has 0 aromatic heterocycles. The molecule has 8 heteroatoms. The van der Waals surface area contributed by atoms with Gasteiger partial charge in [0.05, 0.1) is 16.8 Å². The van der Waals surface area contributed by atoms with Crippen LogP contribution in [0.5, 0.6) is 0 Å². The van der Waals surface area contributed by atoms with Crippen molar-refractivity contribution < 1.29 is 22.8 Å². The Kier molecular flexibility index (Phi) is 5.62. The van der Waals surface area contributed by atoms with Gasteiger partial charge in [-0.05, 0) is 17.7 Å². The van der Waals surface area contributed by atoms with Gasteiger partial charge >= 0.3 is 6.18 Å². The molecular weight excluding hydrogens is 395 g/mol. The molecule has 1 fully saturated rings. The van der Waals surface area contributed by atoms with E-state index < -0.39 is 29.0 Å². The average Bonchev–Trinajstić information content (AvgIpc) is 2.98. The third kappa shape index (κ3) is 4.11. The number of nitrogens with zero attached hydrogens (tertiary/aromatic N) is 3. The van der Waals surface area contributed by atoms with Crippen LogP contribution in [0, 0.1) is 0 Å². The fourth-order valence-electron chi connectivity index (χ4n) is 4.05. The third-order valence-electron chi connectivity index (χ3n) is 5.66. The minimum absolute atomic E-state index is 0.0579. The van der Waals surface area contributed by atoms with E-state index in [-0.39, 0.29) is 12.2 Å². The van der Waals surface area contributed by atoms with E-state index in [0.717, 1.165) is 38.8 Å². The summed E-state index contributed by atoms with van der Waals surface area (Å²) in [5.74, 6) is -1.96. The topological polar surface area (TPSA) is 43.9 Å². The van der Waals surface area contributed by atoms with E-state index in [4.69, 9.17) is 0 Å². The van der Waals surface area contributed by atoms with Crippen LogP contribution in [0.4, 0.5) is 18.9 Å². The van der Waals surface area contributed by atoms with Crippen molar-refractivity contribution >= 4 is 17.4 Å². The number of carbonyl (C=O) groups excluding carboxylic acids is 2. The Morgan fingerprint density at radius 2 is 1.47 bits per heavy atom. The molecule has 0 aliphatic carbocycles. The lowest BCUT2D eigenvalue weighted by Gasteiger charge is -2.35. The first kappa shape index (κ1) is 20.6. The summed E-state index contributed by atoms with van der Waals surface area (Å²) in [6, 6.07) is 13.7. The second kappa shape index (κ2) is 8.20. The number of hydrogen-bond donors (Lipinski definition) is 0. The van der Waals surface area contributed by atoms with Crippen molar-refractivity contribution in [1.29, 1.82) is 0 Å². The number of alkyl halides is 3. The highest BCUT2D eigenvalue weighted by Gasteiger charge is 2.44. The average molecular weight is 417 g/mol. The maximum absolute atomic E-state index is 13.2. The molecule has 2 heterocycles. The smallest absolute Gasteiger partial charge is 0.303 e. The number of carbonyl (C=O) groups is 2. The molecule has 30 heavy (non-hydrogen) atoms. The van der Waals surface area contributed by atoms with Gasteiger partial charge in [-0.25, -0.2) is 0 Å². The molecule has 158 valence electrons. The van der Waals surface area contributed by atoms with Crippen LogP contribution in [-0.2, 0) is 17.5 Å². The number of rotatable bonds is 5. The summed E-state index contributed by atoms with van der Waals surface area (Å²) in [5, 5.41) is 0. The SMILES string of the molecule is O=C1C(=O)N(CCN2CCN(Cc3ccccc3)CC2)c2cccc(C(F)(F)F)c21. The third-order valence-corrected chi connectivity index (χ3v) is 5.66. The van der Waals surface area contributed by atoms with Crippen LogP contribution in [0.15, 0.2) is 48.5 Å². The number of piperazine rings is 1. The summed E-state index contributed by atoms with van der Waals surface area (Å²) in [7, 11) is 0. The van der Waals surface area contributed by atoms with Crippen molar-refractivity contribution in [3.8, 4) is 0 Å². The van der Waals surface area contributed by atoms with Crippen molar-refractivity contribution in [2.75, 3.05) is 44.2 Å². The molecule has 0 N–H and O–H groups in total. The van der Waals surface area contributed by atoms with E-state index in [1.54, 1.807) is 0 Å². The van der Waals surface area contributed by atoms with E-state index in [0.29, 0.717) is 6.54 Å². The van der Waals surface area contributed by atoms with Gasteiger partial charge in [0.15, 0.2) is 0 Å². The Labute approximate surface area is 172 Å². The molecule has 2 aromatic rings. The van der Waals surface area contributed by atoms with Gasteiger partial charge in [0, 0.05) is 45.8 Å². The zero-order valence-corrected chi connectivity index (χ0v) is 16.4. The molecule has 2 aliphatic rings. The number of benzene rings is 2. The fraction of sp³-hybridized carbons (Fsp3) is 0.364. The van der Waals surface area contributed by atoms with Gasteiger partial charge in [-0.3, -0.25) is 19.4 Å². The van der Waals surface area contributed by atoms with Crippen molar-refractivity contribution in [1.82, 2.24) is 9.80 Å². The first-order valence-electron chi connectivity index (χ1n) is 9.89. The molecule has 0 unspecified atom stereocenters. The zero-order chi connectivity index (χ0) is 21.3. The van der Waals surface area contributed by atoms with Gasteiger partial charge < -0.3 is 4.90 Å². The zero-order valence-electron chi connectivity index (χ0n) is 16.4. The Hall–Kier alpha value is -2.71. The number of hydrogen-bond acceptors (Lipinski definition) is 4. The molecule has 0 saturated carbocycles. The molecule has 0 atom stereocenters. The van der Waals surface area contributed by atoms with Crippen LogP contribution in [0.2, 0.25) is 0 Å². The highest BCUT2D eigenvalue weighted by atomic mass is 19.4. The minimum atomic E-state index is -4.67. The lowest BCUT2D eigenvalue weighted by Crippen LogP contribution is -2.48. The highest BCUT2D eigenvalue weighted by molar-refractivity contribution is 6.52. The Morgan fingerprint density at radius 1 is 0.800 bits per heavy atom. The molecule has 0 spiro atoms. The van der Waals surface area contributed by atoms with Gasteiger partial charge in [-0.1, -0.05) is 36.4 Å². The second-order valence-electron chi connectivity index (χ2n) is 7.59. The molecule has 5 nitrogen and oxygen atoms in total. The van der Waals surface area contributed by atoms with Crippen LogP contribution >= 0.6 is 0 Å². The van der Waals surface area contributed by atoms with Crippen molar-refractivity contribution in [2.24, 2.45) is 0 Å². The fourth-order valence-corrected chi connectivity index (χ4v) is 4.05. The maximum Gasteiger partial charge on any atom is 0.417 e. The van der Waals surface area contributed by atoms with E-state index in [2.05, 4.69) is 21.9 Å². The quantitative estimate of drug-likeness (QED) is 0.702. The summed E-state index contributed by atoms with van der Waals surface area (Å²) < 4.78 is 39.7. The number of ketones is 1. The lowest BCUT2D eigenvalue weighted by molar-refractivity contribution is -0.137. The van der Waals surface area contributed by atoms with Crippen molar-refractivity contribution in [3.05, 3.63) is 65.2 Å². The molecule has 4 rings (SSSR count). The van der Waals surface area contributed by atoms with E-state index in [1.807, 2.05) is 18.2 Å². The van der Waals surface area contributed by atoms with Crippen LogP contribution < -0.4 is 4.90 Å².